The van der Waals surface area contributed by atoms with E-state index in [9.17, 15) is 24.5 Å². The molecule has 0 atom stereocenters. The average Bonchev–Trinajstić information content (AvgIpc) is 3.13. The first-order chi connectivity index (χ1) is 25.3. The number of hydrogen-bond acceptors (Lipinski definition) is 9. The van der Waals surface area contributed by atoms with Crippen molar-refractivity contribution < 1.29 is 38.3 Å². The minimum atomic E-state index is -1.10. The summed E-state index contributed by atoms with van der Waals surface area (Å²) in [6, 6.07) is 4.96. The third-order valence-corrected chi connectivity index (χ3v) is 9.34. The third kappa shape index (κ3) is 28.4. The molecule has 1 aromatic rings. The van der Waals surface area contributed by atoms with Gasteiger partial charge in [0.15, 0.2) is 6.10 Å². The van der Waals surface area contributed by atoms with Crippen LogP contribution in [0.5, 0.6) is 5.75 Å². The average molecular weight is 734 g/mol. The fourth-order valence-electron chi connectivity index (χ4n) is 6.10. The Kier molecular flexibility index (Phi) is 30.3. The van der Waals surface area contributed by atoms with Gasteiger partial charge in [-0.05, 0) is 25.0 Å². The fraction of sp³-hybridized carbons (Fsp3) is 0.786. The van der Waals surface area contributed by atoms with Gasteiger partial charge in [-0.15, -0.1) is 0 Å². The molecule has 10 nitrogen and oxygen atoms in total. The van der Waals surface area contributed by atoms with Crippen LogP contribution in [0.2, 0.25) is 0 Å². The number of nitro benzene ring substituents is 1. The summed E-state index contributed by atoms with van der Waals surface area (Å²) in [6.07, 6.45) is 29.8. The van der Waals surface area contributed by atoms with Crippen LogP contribution >= 0.6 is 0 Å². The maximum atomic E-state index is 12.5. The van der Waals surface area contributed by atoms with Gasteiger partial charge in [0, 0.05) is 25.0 Å². The molecule has 0 aliphatic heterocycles. The predicted octanol–water partition coefficient (Wildman–Crippen LogP) is 12.5. The maximum absolute atomic E-state index is 12.5. The lowest BCUT2D eigenvalue weighted by Gasteiger charge is -2.18. The largest absolute Gasteiger partial charge is 0.514 e. The Morgan fingerprint density at radius 1 is 0.538 bits per heavy atom. The van der Waals surface area contributed by atoms with Crippen LogP contribution < -0.4 is 4.74 Å². The Balaban J connectivity index is 2.33. The van der Waals surface area contributed by atoms with Gasteiger partial charge in [-0.1, -0.05) is 168 Å². The molecular formula is C42H71NO9. The number of benzene rings is 1. The van der Waals surface area contributed by atoms with Gasteiger partial charge in [-0.25, -0.2) is 4.79 Å². The van der Waals surface area contributed by atoms with E-state index >= 15 is 0 Å². The summed E-state index contributed by atoms with van der Waals surface area (Å²) < 4.78 is 21.2. The fourth-order valence-corrected chi connectivity index (χ4v) is 6.10. The van der Waals surface area contributed by atoms with E-state index in [0.717, 1.165) is 38.5 Å². The van der Waals surface area contributed by atoms with Gasteiger partial charge in [0.25, 0.3) is 5.69 Å². The topological polar surface area (TPSA) is 131 Å². The first-order valence-electron chi connectivity index (χ1n) is 20.8. The van der Waals surface area contributed by atoms with Crippen molar-refractivity contribution in [2.24, 2.45) is 0 Å². The molecule has 0 amide bonds. The standard InChI is InChI=1S/C42H71NO9/c1-3-5-7-9-11-13-15-17-19-21-23-25-27-29-40(44)49-35-39(52-42(46)51-38-33-31-37(32-34-38)43(47)48)36-50-41(45)30-28-26-24-22-20-18-16-14-12-10-8-6-4-2/h31-34,39H,3-30,35-36H2,1-2H3. The molecule has 0 aliphatic carbocycles. The molecule has 0 fully saturated rings. The molecule has 0 aliphatic rings. The second-order valence-electron chi connectivity index (χ2n) is 14.2. The lowest BCUT2D eigenvalue weighted by Crippen LogP contribution is -2.32. The van der Waals surface area contributed by atoms with Gasteiger partial charge in [-0.2, -0.15) is 0 Å². The van der Waals surface area contributed by atoms with Gasteiger partial charge < -0.3 is 18.9 Å². The van der Waals surface area contributed by atoms with E-state index in [2.05, 4.69) is 13.8 Å². The molecule has 0 saturated heterocycles. The van der Waals surface area contributed by atoms with E-state index in [1.165, 1.54) is 153 Å². The second kappa shape index (κ2) is 33.7. The Bertz CT molecular complexity index is 1000. The number of carbonyl (C=O) groups excluding carboxylic acids is 3. The van der Waals surface area contributed by atoms with Gasteiger partial charge in [0.2, 0.25) is 0 Å². The van der Waals surface area contributed by atoms with E-state index in [0.29, 0.717) is 0 Å². The summed E-state index contributed by atoms with van der Waals surface area (Å²) in [5, 5.41) is 10.9. The van der Waals surface area contributed by atoms with Crippen molar-refractivity contribution in [1.82, 2.24) is 0 Å². The predicted molar refractivity (Wildman–Crippen MR) is 207 cm³/mol. The molecule has 0 bridgehead atoms. The first kappa shape index (κ1) is 46.9. The normalized spacial score (nSPS) is 11.1. The van der Waals surface area contributed by atoms with E-state index in [-0.39, 0.29) is 37.5 Å². The smallest absolute Gasteiger partial charge is 0.462 e. The number of rotatable bonds is 35. The van der Waals surface area contributed by atoms with Crippen LogP contribution in [0.25, 0.3) is 0 Å². The number of non-ortho nitro benzene ring substituents is 1. The number of nitrogens with zero attached hydrogens (tertiary/aromatic N) is 1. The number of unbranched alkanes of at least 4 members (excludes halogenated alkanes) is 24. The highest BCUT2D eigenvalue weighted by Gasteiger charge is 2.21. The van der Waals surface area contributed by atoms with Crippen LogP contribution in [0.1, 0.15) is 194 Å². The highest BCUT2D eigenvalue weighted by molar-refractivity contribution is 5.70. The van der Waals surface area contributed by atoms with Crippen LogP contribution in [0.3, 0.4) is 0 Å². The molecular weight excluding hydrogens is 662 g/mol. The Labute approximate surface area is 314 Å². The molecule has 0 spiro atoms. The van der Waals surface area contributed by atoms with Crippen molar-refractivity contribution in [3.8, 4) is 5.75 Å². The molecule has 0 aromatic heterocycles. The minimum Gasteiger partial charge on any atom is -0.462 e. The zero-order chi connectivity index (χ0) is 37.9. The number of nitro groups is 1. The summed E-state index contributed by atoms with van der Waals surface area (Å²) in [5.74, 6) is -0.759. The van der Waals surface area contributed by atoms with Crippen LogP contribution in [-0.2, 0) is 23.8 Å². The summed E-state index contributed by atoms with van der Waals surface area (Å²) in [6.45, 7) is 3.93. The van der Waals surface area contributed by atoms with Crippen molar-refractivity contribution in [2.45, 2.75) is 200 Å². The lowest BCUT2D eigenvalue weighted by atomic mass is 10.0. The monoisotopic (exact) mass is 734 g/mol. The molecule has 0 radical (unpaired) electrons. The van der Waals surface area contributed by atoms with E-state index in [1.807, 2.05) is 0 Å². The van der Waals surface area contributed by atoms with Gasteiger partial charge in [-0.3, -0.25) is 19.7 Å². The molecule has 298 valence electrons. The van der Waals surface area contributed by atoms with Crippen molar-refractivity contribution in [3.63, 3.8) is 0 Å². The number of ether oxygens (including phenoxy) is 4. The quantitative estimate of drug-likeness (QED) is 0.0167. The van der Waals surface area contributed by atoms with Crippen LogP contribution in [-0.4, -0.2) is 42.3 Å². The van der Waals surface area contributed by atoms with Gasteiger partial charge >= 0.3 is 18.1 Å². The Morgan fingerprint density at radius 2 is 0.865 bits per heavy atom. The van der Waals surface area contributed by atoms with Crippen LogP contribution in [0, 0.1) is 10.1 Å². The van der Waals surface area contributed by atoms with E-state index in [4.69, 9.17) is 18.9 Å². The molecule has 0 N–H and O–H groups in total. The van der Waals surface area contributed by atoms with Gasteiger partial charge in [0.1, 0.15) is 19.0 Å². The summed E-state index contributed by atoms with van der Waals surface area (Å²) >= 11 is 0. The number of esters is 2. The van der Waals surface area contributed by atoms with Gasteiger partial charge in [0.05, 0.1) is 4.92 Å². The summed E-state index contributed by atoms with van der Waals surface area (Å²) in [7, 11) is 0. The Morgan fingerprint density at radius 3 is 1.19 bits per heavy atom. The zero-order valence-corrected chi connectivity index (χ0v) is 32.7. The second-order valence-corrected chi connectivity index (χ2v) is 14.2. The maximum Gasteiger partial charge on any atom is 0.514 e. The summed E-state index contributed by atoms with van der Waals surface area (Å²) in [4.78, 5) is 47.7. The molecule has 52 heavy (non-hydrogen) atoms. The van der Waals surface area contributed by atoms with Crippen LogP contribution in [0.15, 0.2) is 24.3 Å². The van der Waals surface area contributed by atoms with Crippen LogP contribution in [0.4, 0.5) is 10.5 Å². The zero-order valence-electron chi connectivity index (χ0n) is 32.7. The molecule has 0 saturated carbocycles. The number of hydrogen-bond donors (Lipinski definition) is 0. The third-order valence-electron chi connectivity index (χ3n) is 9.34. The van der Waals surface area contributed by atoms with E-state index in [1.54, 1.807) is 0 Å². The highest BCUT2D eigenvalue weighted by atomic mass is 16.7. The molecule has 10 heteroatoms. The Hall–Kier alpha value is -3.17. The SMILES string of the molecule is CCCCCCCCCCCCCCCC(=O)OCC(COC(=O)CCCCCCCCCCCCCCC)OC(=O)Oc1ccc([N+](=O)[O-])cc1. The minimum absolute atomic E-state index is 0.0492. The molecule has 1 aromatic carbocycles. The van der Waals surface area contributed by atoms with Crippen molar-refractivity contribution >= 4 is 23.8 Å². The van der Waals surface area contributed by atoms with Crippen molar-refractivity contribution in [1.29, 1.82) is 0 Å². The lowest BCUT2D eigenvalue weighted by molar-refractivity contribution is -0.384. The number of carbonyl (C=O) groups is 3. The molecule has 1 rings (SSSR count). The van der Waals surface area contributed by atoms with Crippen molar-refractivity contribution in [2.75, 3.05) is 13.2 Å². The summed E-state index contributed by atoms with van der Waals surface area (Å²) in [5.41, 5.74) is -0.149. The van der Waals surface area contributed by atoms with Crippen molar-refractivity contribution in [3.05, 3.63) is 34.4 Å². The first-order valence-corrected chi connectivity index (χ1v) is 20.8. The molecule has 0 heterocycles. The highest BCUT2D eigenvalue weighted by Crippen LogP contribution is 2.19. The van der Waals surface area contributed by atoms with E-state index < -0.39 is 29.1 Å². The molecule has 0 unspecified atom stereocenters.